The second kappa shape index (κ2) is 6.53. The van der Waals surface area contributed by atoms with Crippen LogP contribution in [0.15, 0.2) is 6.07 Å². The van der Waals surface area contributed by atoms with E-state index in [-0.39, 0.29) is 16.2 Å². The van der Waals surface area contributed by atoms with E-state index in [4.69, 9.17) is 23.2 Å². The van der Waals surface area contributed by atoms with E-state index < -0.39 is 0 Å². The van der Waals surface area contributed by atoms with Gasteiger partial charge in [0.25, 0.3) is 5.91 Å². The summed E-state index contributed by atoms with van der Waals surface area (Å²) in [6.07, 6.45) is 4.44. The Morgan fingerprint density at radius 2 is 2.16 bits per heavy atom. The van der Waals surface area contributed by atoms with Gasteiger partial charge >= 0.3 is 0 Å². The molecule has 6 heteroatoms. The van der Waals surface area contributed by atoms with Gasteiger partial charge in [0.15, 0.2) is 10.3 Å². The van der Waals surface area contributed by atoms with Crippen molar-refractivity contribution in [3.63, 3.8) is 0 Å². The number of hydrogen-bond acceptors (Lipinski definition) is 3. The molecule has 4 nitrogen and oxygen atoms in total. The number of likely N-dealkylation sites (tertiary alicyclic amines) is 1. The molecule has 1 amide bonds. The van der Waals surface area contributed by atoms with Crippen molar-refractivity contribution in [2.24, 2.45) is 5.92 Å². The van der Waals surface area contributed by atoms with Crippen molar-refractivity contribution in [2.75, 3.05) is 13.1 Å². The van der Waals surface area contributed by atoms with Crippen LogP contribution in [-0.4, -0.2) is 34.1 Å². The molecule has 0 saturated carbocycles. The lowest BCUT2D eigenvalue weighted by Crippen LogP contribution is -2.32. The minimum atomic E-state index is -0.0986. The summed E-state index contributed by atoms with van der Waals surface area (Å²) >= 11 is 11.7. The quantitative estimate of drug-likeness (QED) is 0.840. The molecule has 1 atom stereocenters. The van der Waals surface area contributed by atoms with E-state index >= 15 is 0 Å². The van der Waals surface area contributed by atoms with Gasteiger partial charge in [-0.3, -0.25) is 4.79 Å². The number of aromatic nitrogens is 2. The molecule has 19 heavy (non-hydrogen) atoms. The van der Waals surface area contributed by atoms with Gasteiger partial charge in [-0.1, -0.05) is 36.5 Å². The lowest BCUT2D eigenvalue weighted by molar-refractivity contribution is 0.0759. The maximum atomic E-state index is 12.4. The monoisotopic (exact) mass is 301 g/mol. The molecule has 0 spiro atoms. The highest BCUT2D eigenvalue weighted by atomic mass is 35.5. The lowest BCUT2D eigenvalue weighted by atomic mass is 9.98. The average Bonchev–Trinajstić information content (AvgIpc) is 2.66. The summed E-state index contributed by atoms with van der Waals surface area (Å²) in [7, 11) is 0. The molecule has 1 aromatic rings. The molecule has 0 N–H and O–H groups in total. The predicted molar refractivity (Wildman–Crippen MR) is 75.6 cm³/mol. The fourth-order valence-corrected chi connectivity index (χ4v) is 2.77. The van der Waals surface area contributed by atoms with Crippen molar-refractivity contribution in [3.05, 3.63) is 21.9 Å². The molecule has 1 aliphatic heterocycles. The molecule has 104 valence electrons. The van der Waals surface area contributed by atoms with Crippen LogP contribution in [0.1, 0.15) is 43.0 Å². The van der Waals surface area contributed by atoms with Crippen LogP contribution in [0.25, 0.3) is 0 Å². The second-order valence-corrected chi connectivity index (χ2v) is 5.61. The maximum absolute atomic E-state index is 12.4. The zero-order valence-electron chi connectivity index (χ0n) is 10.9. The number of rotatable bonds is 2. The van der Waals surface area contributed by atoms with Gasteiger partial charge in [-0.25, -0.2) is 0 Å². The molecule has 1 fully saturated rings. The first kappa shape index (κ1) is 14.5. The molecule has 0 bridgehead atoms. The predicted octanol–water partition coefficient (Wildman–Crippen LogP) is 3.44. The lowest BCUT2D eigenvalue weighted by Gasteiger charge is -2.20. The van der Waals surface area contributed by atoms with Gasteiger partial charge in [-0.2, -0.15) is 0 Å². The third kappa shape index (κ3) is 3.57. The summed E-state index contributed by atoms with van der Waals surface area (Å²) in [5.41, 5.74) is 0.344. The van der Waals surface area contributed by atoms with E-state index in [9.17, 15) is 4.79 Å². The van der Waals surface area contributed by atoms with Crippen LogP contribution in [0.4, 0.5) is 0 Å². The molecule has 1 aliphatic rings. The molecule has 2 rings (SSSR count). The van der Waals surface area contributed by atoms with Gasteiger partial charge in [0.1, 0.15) is 0 Å². The van der Waals surface area contributed by atoms with Gasteiger partial charge in [-0.15, -0.1) is 10.2 Å². The van der Waals surface area contributed by atoms with Crippen molar-refractivity contribution >= 4 is 29.1 Å². The van der Waals surface area contributed by atoms with E-state index in [0.717, 1.165) is 25.9 Å². The van der Waals surface area contributed by atoms with Crippen LogP contribution in [-0.2, 0) is 0 Å². The van der Waals surface area contributed by atoms with Crippen molar-refractivity contribution in [1.29, 1.82) is 0 Å². The third-order valence-electron chi connectivity index (χ3n) is 3.66. The minimum Gasteiger partial charge on any atom is -0.339 e. The smallest absolute Gasteiger partial charge is 0.257 e. The summed E-state index contributed by atoms with van der Waals surface area (Å²) < 4.78 is 0. The number of carbonyl (C=O) groups excluding carboxylic acids is 1. The fourth-order valence-electron chi connectivity index (χ4n) is 2.45. The number of amides is 1. The van der Waals surface area contributed by atoms with E-state index in [1.807, 2.05) is 4.90 Å². The van der Waals surface area contributed by atoms with E-state index in [1.165, 1.54) is 18.9 Å². The number of halogens is 2. The first-order valence-corrected chi connectivity index (χ1v) is 7.35. The first-order chi connectivity index (χ1) is 9.11. The minimum absolute atomic E-state index is 0.0986. The van der Waals surface area contributed by atoms with Gasteiger partial charge in [-0.05, 0) is 31.2 Å². The Bertz CT molecular complexity index is 467. The topological polar surface area (TPSA) is 46.1 Å². The van der Waals surface area contributed by atoms with E-state index in [2.05, 4.69) is 17.1 Å². The zero-order valence-corrected chi connectivity index (χ0v) is 12.4. The van der Waals surface area contributed by atoms with Gasteiger partial charge in [0.2, 0.25) is 0 Å². The molecular formula is C13H17Cl2N3O. The highest BCUT2D eigenvalue weighted by Crippen LogP contribution is 2.23. The number of carbonyl (C=O) groups is 1. The average molecular weight is 302 g/mol. The van der Waals surface area contributed by atoms with Crippen molar-refractivity contribution < 1.29 is 4.79 Å². The van der Waals surface area contributed by atoms with Crippen LogP contribution < -0.4 is 0 Å². The Balaban J connectivity index is 2.13. The second-order valence-electron chi connectivity index (χ2n) is 4.87. The molecule has 0 aliphatic carbocycles. The molecule has 1 saturated heterocycles. The molecular weight excluding hydrogens is 285 g/mol. The molecule has 0 radical (unpaired) electrons. The molecule has 1 aromatic heterocycles. The zero-order chi connectivity index (χ0) is 13.8. The molecule has 0 aromatic carbocycles. The van der Waals surface area contributed by atoms with Crippen LogP contribution in [0, 0.1) is 5.92 Å². The Morgan fingerprint density at radius 3 is 2.89 bits per heavy atom. The standard InChI is InChI=1S/C13H17Cl2N3O/c1-2-9-4-3-6-18(7-5-9)13(19)10-8-11(14)16-17-12(10)15/h8-9H,2-7H2,1H3. The Morgan fingerprint density at radius 1 is 1.37 bits per heavy atom. The maximum Gasteiger partial charge on any atom is 0.257 e. The van der Waals surface area contributed by atoms with E-state index in [0.29, 0.717) is 11.5 Å². The van der Waals surface area contributed by atoms with Crippen molar-refractivity contribution in [1.82, 2.24) is 15.1 Å². The summed E-state index contributed by atoms with van der Waals surface area (Å²) in [6, 6.07) is 1.49. The van der Waals surface area contributed by atoms with Gasteiger partial charge in [0.05, 0.1) is 5.56 Å². The van der Waals surface area contributed by atoms with Crippen LogP contribution >= 0.6 is 23.2 Å². The Kier molecular flexibility index (Phi) is 4.99. The summed E-state index contributed by atoms with van der Waals surface area (Å²) in [4.78, 5) is 14.3. The number of hydrogen-bond donors (Lipinski definition) is 0. The fraction of sp³-hybridized carbons (Fsp3) is 0.615. The normalized spacial score (nSPS) is 20.2. The third-order valence-corrected chi connectivity index (χ3v) is 4.13. The van der Waals surface area contributed by atoms with E-state index in [1.54, 1.807) is 0 Å². The van der Waals surface area contributed by atoms with Gasteiger partial charge in [0, 0.05) is 13.1 Å². The first-order valence-electron chi connectivity index (χ1n) is 6.59. The highest BCUT2D eigenvalue weighted by molar-refractivity contribution is 6.34. The SMILES string of the molecule is CCC1CCCN(C(=O)c2cc(Cl)nnc2Cl)CC1. The Labute approximate surface area is 123 Å². The van der Waals surface area contributed by atoms with Crippen LogP contribution in [0.2, 0.25) is 10.3 Å². The number of nitrogens with zero attached hydrogens (tertiary/aromatic N) is 3. The molecule has 2 heterocycles. The summed E-state index contributed by atoms with van der Waals surface area (Å²) in [6.45, 7) is 3.74. The molecule has 1 unspecified atom stereocenters. The van der Waals surface area contributed by atoms with Crippen molar-refractivity contribution in [3.8, 4) is 0 Å². The van der Waals surface area contributed by atoms with Crippen LogP contribution in [0.5, 0.6) is 0 Å². The van der Waals surface area contributed by atoms with Crippen molar-refractivity contribution in [2.45, 2.75) is 32.6 Å². The summed E-state index contributed by atoms with van der Waals surface area (Å²) in [5.74, 6) is 0.617. The van der Waals surface area contributed by atoms with Gasteiger partial charge < -0.3 is 4.90 Å². The van der Waals surface area contributed by atoms with Crippen LogP contribution in [0.3, 0.4) is 0 Å². The summed E-state index contributed by atoms with van der Waals surface area (Å²) in [5, 5.41) is 7.61. The Hall–Kier alpha value is -0.870. The highest BCUT2D eigenvalue weighted by Gasteiger charge is 2.23. The largest absolute Gasteiger partial charge is 0.339 e.